The van der Waals surface area contributed by atoms with Crippen LogP contribution in [0.3, 0.4) is 0 Å². The van der Waals surface area contributed by atoms with Crippen LogP contribution in [-0.2, 0) is 9.05 Å². The molecule has 0 aliphatic rings. The molecule has 118 valence electrons. The van der Waals surface area contributed by atoms with Gasteiger partial charge in [0, 0.05) is 17.2 Å². The fourth-order valence-electron chi connectivity index (χ4n) is 1.53. The summed E-state index contributed by atoms with van der Waals surface area (Å²) in [6, 6.07) is 0.779. The average Bonchev–Trinajstić information content (AvgIpc) is 2.31. The monoisotopic (exact) mass is 375 g/mol. The van der Waals surface area contributed by atoms with E-state index in [-0.39, 0.29) is 5.56 Å². The second-order valence-corrected chi connectivity index (χ2v) is 8.00. The molecule has 1 N–H and O–H groups in total. The van der Waals surface area contributed by atoms with Crippen molar-refractivity contribution in [3.8, 4) is 0 Å². The summed E-state index contributed by atoms with van der Waals surface area (Å²) < 4.78 is 36.5. The summed E-state index contributed by atoms with van der Waals surface area (Å²) in [4.78, 5) is 11.1. The molecule has 0 atom stereocenters. The molecule has 1 aromatic carbocycles. The van der Waals surface area contributed by atoms with Crippen molar-refractivity contribution in [2.45, 2.75) is 25.2 Å². The Balaban J connectivity index is 3.21. The normalized spacial score (nSPS) is 11.8. The predicted molar refractivity (Wildman–Crippen MR) is 81.2 cm³/mol. The second-order valence-electron chi connectivity index (χ2n) is 4.74. The van der Waals surface area contributed by atoms with E-state index < -0.39 is 35.7 Å². The van der Waals surface area contributed by atoms with Gasteiger partial charge in [0.15, 0.2) is 0 Å². The van der Waals surface area contributed by atoms with Crippen molar-refractivity contribution < 1.29 is 17.6 Å². The maximum absolute atomic E-state index is 13.7. The van der Waals surface area contributed by atoms with Gasteiger partial charge in [-0.15, -0.1) is 0 Å². The van der Waals surface area contributed by atoms with E-state index in [9.17, 15) is 17.6 Å². The van der Waals surface area contributed by atoms with Crippen molar-refractivity contribution >= 4 is 48.8 Å². The summed E-state index contributed by atoms with van der Waals surface area (Å²) in [6.07, 6.45) is 0.708. The first-order chi connectivity index (χ1) is 9.55. The first-order valence-electron chi connectivity index (χ1n) is 5.96. The number of hydrogen-bond donors (Lipinski definition) is 1. The molecule has 0 aliphatic carbocycles. The lowest BCUT2D eigenvalue weighted by molar-refractivity contribution is 0.0951. The summed E-state index contributed by atoms with van der Waals surface area (Å²) in [5, 5.41) is 1.28. The van der Waals surface area contributed by atoms with E-state index in [1.165, 1.54) is 0 Å². The van der Waals surface area contributed by atoms with Crippen molar-refractivity contribution in [3.05, 3.63) is 27.5 Å². The SMILES string of the molecule is CC(C)CCNC(=O)c1cc(F)c(Cl)c(S(=O)(=O)Cl)c1Cl. The summed E-state index contributed by atoms with van der Waals surface area (Å²) >= 11 is 11.4. The van der Waals surface area contributed by atoms with Gasteiger partial charge in [-0.3, -0.25) is 4.79 Å². The van der Waals surface area contributed by atoms with Gasteiger partial charge in [0.2, 0.25) is 0 Å². The van der Waals surface area contributed by atoms with E-state index in [0.717, 1.165) is 6.07 Å². The number of halogens is 4. The molecule has 0 bridgehead atoms. The maximum atomic E-state index is 13.7. The Morgan fingerprint density at radius 2 is 1.90 bits per heavy atom. The summed E-state index contributed by atoms with van der Waals surface area (Å²) in [5.74, 6) is -1.42. The summed E-state index contributed by atoms with van der Waals surface area (Å²) in [5.41, 5.74) is -0.332. The highest BCUT2D eigenvalue weighted by Gasteiger charge is 2.27. The van der Waals surface area contributed by atoms with Crippen LogP contribution in [0, 0.1) is 11.7 Å². The van der Waals surface area contributed by atoms with E-state index in [1.54, 1.807) is 0 Å². The highest BCUT2D eigenvalue weighted by Crippen LogP contribution is 2.36. The van der Waals surface area contributed by atoms with Crippen LogP contribution in [0.15, 0.2) is 11.0 Å². The lowest BCUT2D eigenvalue weighted by Crippen LogP contribution is -2.26. The van der Waals surface area contributed by atoms with Crippen LogP contribution in [0.2, 0.25) is 10.0 Å². The van der Waals surface area contributed by atoms with Gasteiger partial charge < -0.3 is 5.32 Å². The van der Waals surface area contributed by atoms with Gasteiger partial charge in [-0.25, -0.2) is 12.8 Å². The third kappa shape index (κ3) is 4.71. The lowest BCUT2D eigenvalue weighted by atomic mass is 10.1. The van der Waals surface area contributed by atoms with Gasteiger partial charge in [-0.2, -0.15) is 0 Å². The van der Waals surface area contributed by atoms with Gasteiger partial charge in [-0.05, 0) is 18.4 Å². The maximum Gasteiger partial charge on any atom is 0.264 e. The first kappa shape index (κ1) is 18.5. The Morgan fingerprint density at radius 3 is 2.38 bits per heavy atom. The molecule has 0 radical (unpaired) electrons. The molecule has 0 saturated carbocycles. The number of amides is 1. The van der Waals surface area contributed by atoms with E-state index in [1.807, 2.05) is 13.8 Å². The molecule has 1 rings (SSSR count). The summed E-state index contributed by atoms with van der Waals surface area (Å²) in [6.45, 7) is 4.29. The van der Waals surface area contributed by atoms with Crippen molar-refractivity contribution in [1.82, 2.24) is 5.32 Å². The molecular formula is C12H13Cl3FNO3S. The Hall–Kier alpha value is -0.560. The molecule has 0 saturated heterocycles. The fraction of sp³-hybridized carbons (Fsp3) is 0.417. The fourth-order valence-corrected chi connectivity index (χ4v) is 3.91. The highest BCUT2D eigenvalue weighted by molar-refractivity contribution is 8.14. The number of benzene rings is 1. The second kappa shape index (κ2) is 7.13. The Bertz CT molecular complexity index is 662. The topological polar surface area (TPSA) is 63.2 Å². The van der Waals surface area contributed by atoms with Gasteiger partial charge >= 0.3 is 0 Å². The van der Waals surface area contributed by atoms with E-state index in [4.69, 9.17) is 33.9 Å². The van der Waals surface area contributed by atoms with Crippen LogP contribution in [0.25, 0.3) is 0 Å². The number of hydrogen-bond acceptors (Lipinski definition) is 3. The molecule has 21 heavy (non-hydrogen) atoms. The minimum Gasteiger partial charge on any atom is -0.352 e. The third-order valence-electron chi connectivity index (χ3n) is 2.61. The van der Waals surface area contributed by atoms with Crippen LogP contribution in [-0.4, -0.2) is 20.9 Å². The zero-order chi connectivity index (χ0) is 16.4. The largest absolute Gasteiger partial charge is 0.352 e. The van der Waals surface area contributed by atoms with Crippen LogP contribution < -0.4 is 5.32 Å². The average molecular weight is 377 g/mol. The van der Waals surface area contributed by atoms with Gasteiger partial charge in [-0.1, -0.05) is 37.0 Å². The zero-order valence-corrected chi connectivity index (χ0v) is 14.3. The van der Waals surface area contributed by atoms with Crippen molar-refractivity contribution in [2.75, 3.05) is 6.54 Å². The van der Waals surface area contributed by atoms with Crippen LogP contribution in [0.4, 0.5) is 4.39 Å². The molecule has 0 aromatic heterocycles. The zero-order valence-electron chi connectivity index (χ0n) is 11.2. The number of rotatable bonds is 5. The molecule has 0 heterocycles. The molecule has 4 nitrogen and oxygen atoms in total. The minimum atomic E-state index is -4.39. The Labute approximate surface area is 137 Å². The highest BCUT2D eigenvalue weighted by atomic mass is 35.7. The first-order valence-corrected chi connectivity index (χ1v) is 9.02. The van der Waals surface area contributed by atoms with Gasteiger partial charge in [0.25, 0.3) is 15.0 Å². The smallest absolute Gasteiger partial charge is 0.264 e. The Kier molecular flexibility index (Phi) is 6.28. The minimum absolute atomic E-state index is 0.332. The van der Waals surface area contributed by atoms with Crippen molar-refractivity contribution in [3.63, 3.8) is 0 Å². The molecule has 0 unspecified atom stereocenters. The number of carbonyl (C=O) groups is 1. The summed E-state index contributed by atoms with van der Waals surface area (Å²) in [7, 11) is 0.780. The molecule has 0 fully saturated rings. The standard InChI is InChI=1S/C12H13Cl3FNO3S/c1-6(2)3-4-17-12(18)7-5-8(16)10(14)11(9(7)13)21(15,19)20/h5-6H,3-4H2,1-2H3,(H,17,18). The number of carbonyl (C=O) groups excluding carboxylic acids is 1. The quantitative estimate of drug-likeness (QED) is 0.627. The van der Waals surface area contributed by atoms with E-state index >= 15 is 0 Å². The van der Waals surface area contributed by atoms with E-state index in [2.05, 4.69) is 5.32 Å². The van der Waals surface area contributed by atoms with E-state index in [0.29, 0.717) is 18.9 Å². The van der Waals surface area contributed by atoms with Crippen LogP contribution in [0.1, 0.15) is 30.6 Å². The third-order valence-corrected chi connectivity index (χ3v) is 4.96. The molecular weight excluding hydrogens is 364 g/mol. The molecule has 9 heteroatoms. The molecule has 1 amide bonds. The number of nitrogens with one attached hydrogen (secondary N) is 1. The van der Waals surface area contributed by atoms with Crippen LogP contribution >= 0.6 is 33.9 Å². The molecule has 0 aliphatic heterocycles. The predicted octanol–water partition coefficient (Wildman–Crippen LogP) is 3.84. The molecule has 1 aromatic rings. The van der Waals surface area contributed by atoms with Crippen molar-refractivity contribution in [2.24, 2.45) is 5.92 Å². The van der Waals surface area contributed by atoms with Crippen molar-refractivity contribution in [1.29, 1.82) is 0 Å². The lowest BCUT2D eigenvalue weighted by Gasteiger charge is -2.11. The molecule has 0 spiro atoms. The van der Waals surface area contributed by atoms with Gasteiger partial charge in [0.05, 0.1) is 15.6 Å². The Morgan fingerprint density at radius 1 is 1.33 bits per heavy atom. The van der Waals surface area contributed by atoms with Crippen LogP contribution in [0.5, 0.6) is 0 Å². The van der Waals surface area contributed by atoms with Gasteiger partial charge in [0.1, 0.15) is 10.7 Å².